The maximum atomic E-state index is 9.87. The number of para-hydroxylation sites is 2. The molecule has 0 radical (unpaired) electrons. The number of carboxylic acid groups (broad SMARTS) is 1. The average Bonchev–Trinajstić information content (AvgIpc) is 2.08. The standard InChI is InChI=1S/C6H7NO.C4H6O3/c7-5-3-1-2-4-6(5)8;1-3(5)2-4(6)7/h1-4,8H,7H2;2H2,1H3,(H,6,7). The maximum Gasteiger partial charge on any atom is 0.310 e. The molecule has 0 fully saturated rings. The minimum Gasteiger partial charge on any atom is -0.506 e. The molecule has 0 aromatic heterocycles. The number of phenols is 1. The quantitative estimate of drug-likeness (QED) is 0.385. The van der Waals surface area contributed by atoms with Crippen LogP contribution in [0.1, 0.15) is 13.3 Å². The fourth-order valence-electron chi connectivity index (χ4n) is 0.700. The van der Waals surface area contributed by atoms with Crippen molar-refractivity contribution in [3.8, 4) is 5.75 Å². The van der Waals surface area contributed by atoms with Crippen LogP contribution in [0, 0.1) is 0 Å². The van der Waals surface area contributed by atoms with Crippen LogP contribution in [0.4, 0.5) is 5.69 Å². The van der Waals surface area contributed by atoms with Crippen molar-refractivity contribution in [1.29, 1.82) is 0 Å². The van der Waals surface area contributed by atoms with E-state index in [1.165, 1.54) is 6.92 Å². The Morgan fingerprint density at radius 1 is 1.33 bits per heavy atom. The van der Waals surface area contributed by atoms with Crippen molar-refractivity contribution in [1.82, 2.24) is 0 Å². The predicted octanol–water partition coefficient (Wildman–Crippen LogP) is 1.02. The first-order valence-electron chi connectivity index (χ1n) is 4.18. The van der Waals surface area contributed by atoms with Gasteiger partial charge in [0.1, 0.15) is 18.0 Å². The molecular weight excluding hydrogens is 198 g/mol. The first kappa shape index (κ1) is 13.0. The highest BCUT2D eigenvalue weighted by Gasteiger charge is 1.98. The summed E-state index contributed by atoms with van der Waals surface area (Å²) in [5, 5.41) is 16.7. The zero-order valence-corrected chi connectivity index (χ0v) is 8.30. The lowest BCUT2D eigenvalue weighted by molar-refractivity contribution is -0.139. The fraction of sp³-hybridized carbons (Fsp3) is 0.200. The predicted molar refractivity (Wildman–Crippen MR) is 55.5 cm³/mol. The number of nitrogen functional groups attached to an aromatic ring is 1. The number of benzene rings is 1. The number of carbonyl (C=O) groups is 2. The number of phenolic OH excluding ortho intramolecular Hbond substituents is 1. The number of anilines is 1. The molecule has 1 rings (SSSR count). The molecule has 0 aliphatic carbocycles. The first-order chi connectivity index (χ1) is 6.93. The Labute approximate surface area is 87.1 Å². The van der Waals surface area contributed by atoms with Gasteiger partial charge in [-0.25, -0.2) is 0 Å². The SMILES string of the molecule is CC(=O)CC(=O)O.Nc1ccccc1O. The number of hydrogen-bond acceptors (Lipinski definition) is 4. The lowest BCUT2D eigenvalue weighted by Crippen LogP contribution is -2.00. The Hall–Kier alpha value is -2.04. The highest BCUT2D eigenvalue weighted by atomic mass is 16.4. The van der Waals surface area contributed by atoms with Crippen molar-refractivity contribution < 1.29 is 19.8 Å². The molecule has 0 aliphatic heterocycles. The van der Waals surface area contributed by atoms with Crippen LogP contribution in [-0.4, -0.2) is 22.0 Å². The smallest absolute Gasteiger partial charge is 0.310 e. The van der Waals surface area contributed by atoms with E-state index in [-0.39, 0.29) is 18.0 Å². The topological polar surface area (TPSA) is 101 Å². The zero-order chi connectivity index (χ0) is 11.8. The molecule has 1 aromatic rings. The molecule has 0 heterocycles. The molecule has 5 heteroatoms. The molecule has 0 atom stereocenters. The molecule has 4 N–H and O–H groups in total. The summed E-state index contributed by atoms with van der Waals surface area (Å²) in [7, 11) is 0. The van der Waals surface area contributed by atoms with Crippen molar-refractivity contribution in [3.05, 3.63) is 24.3 Å². The van der Waals surface area contributed by atoms with E-state index in [0.29, 0.717) is 5.69 Å². The molecule has 15 heavy (non-hydrogen) atoms. The molecule has 0 unspecified atom stereocenters. The van der Waals surface area contributed by atoms with Gasteiger partial charge in [0.05, 0.1) is 5.69 Å². The highest BCUT2D eigenvalue weighted by Crippen LogP contribution is 2.16. The summed E-state index contributed by atoms with van der Waals surface area (Å²) in [5.74, 6) is -1.23. The summed E-state index contributed by atoms with van der Waals surface area (Å²) in [6.07, 6.45) is -0.361. The second kappa shape index (κ2) is 6.42. The molecule has 0 aliphatic rings. The van der Waals surface area contributed by atoms with Crippen LogP contribution in [0.15, 0.2) is 24.3 Å². The van der Waals surface area contributed by atoms with E-state index < -0.39 is 5.97 Å². The van der Waals surface area contributed by atoms with Gasteiger partial charge in [0.2, 0.25) is 0 Å². The number of carboxylic acids is 1. The van der Waals surface area contributed by atoms with Gasteiger partial charge in [0.25, 0.3) is 0 Å². The Balaban J connectivity index is 0.000000265. The largest absolute Gasteiger partial charge is 0.506 e. The summed E-state index contributed by atoms with van der Waals surface area (Å²) in [6, 6.07) is 6.70. The second-order valence-corrected chi connectivity index (χ2v) is 2.83. The van der Waals surface area contributed by atoms with Crippen molar-refractivity contribution in [3.63, 3.8) is 0 Å². The number of aromatic hydroxyl groups is 1. The van der Waals surface area contributed by atoms with Gasteiger partial charge in [-0.2, -0.15) is 0 Å². The molecule has 1 aromatic carbocycles. The number of Topliss-reactive ketones (excluding diaryl/α,β-unsaturated/α-hetero) is 1. The van der Waals surface area contributed by atoms with Gasteiger partial charge in [-0.15, -0.1) is 0 Å². The molecule has 82 valence electrons. The number of ketones is 1. The summed E-state index contributed by atoms with van der Waals surface area (Å²) in [5.41, 5.74) is 5.69. The lowest BCUT2D eigenvalue weighted by atomic mass is 10.3. The first-order valence-corrected chi connectivity index (χ1v) is 4.18. The van der Waals surface area contributed by atoms with Gasteiger partial charge in [-0.3, -0.25) is 9.59 Å². The number of hydrogen-bond donors (Lipinski definition) is 3. The van der Waals surface area contributed by atoms with Crippen LogP contribution in [0.5, 0.6) is 5.75 Å². The third-order valence-electron chi connectivity index (χ3n) is 1.34. The monoisotopic (exact) mass is 211 g/mol. The Bertz CT molecular complexity index is 316. The minimum atomic E-state index is -1.06. The van der Waals surface area contributed by atoms with Crippen LogP contribution >= 0.6 is 0 Å². The van der Waals surface area contributed by atoms with Crippen LogP contribution in [0.2, 0.25) is 0 Å². The third kappa shape index (κ3) is 7.06. The third-order valence-corrected chi connectivity index (χ3v) is 1.34. The van der Waals surface area contributed by atoms with Gasteiger partial charge in [-0.1, -0.05) is 12.1 Å². The van der Waals surface area contributed by atoms with E-state index >= 15 is 0 Å². The number of carbonyl (C=O) groups excluding carboxylic acids is 1. The van der Waals surface area contributed by atoms with Crippen molar-refractivity contribution in [2.75, 3.05) is 5.73 Å². The van der Waals surface area contributed by atoms with Gasteiger partial charge >= 0.3 is 5.97 Å². The number of aliphatic carboxylic acids is 1. The highest BCUT2D eigenvalue weighted by molar-refractivity contribution is 5.93. The van der Waals surface area contributed by atoms with Crippen LogP contribution in [0.3, 0.4) is 0 Å². The van der Waals surface area contributed by atoms with Crippen molar-refractivity contribution in [2.24, 2.45) is 0 Å². The molecule has 5 nitrogen and oxygen atoms in total. The van der Waals surface area contributed by atoms with E-state index in [4.69, 9.17) is 15.9 Å². The Kier molecular flexibility index (Phi) is 5.55. The molecular formula is C10H13NO4. The molecule has 0 saturated carbocycles. The van der Waals surface area contributed by atoms with Crippen LogP contribution < -0.4 is 5.73 Å². The second-order valence-electron chi connectivity index (χ2n) is 2.83. The minimum absolute atomic E-state index is 0.146. The van der Waals surface area contributed by atoms with Crippen LogP contribution in [-0.2, 0) is 9.59 Å². The summed E-state index contributed by atoms with van der Waals surface area (Å²) in [6.45, 7) is 1.24. The maximum absolute atomic E-state index is 9.87. The lowest BCUT2D eigenvalue weighted by Gasteiger charge is -1.92. The zero-order valence-electron chi connectivity index (χ0n) is 8.30. The summed E-state index contributed by atoms with van der Waals surface area (Å²) < 4.78 is 0. The summed E-state index contributed by atoms with van der Waals surface area (Å²) >= 11 is 0. The van der Waals surface area contributed by atoms with Crippen molar-refractivity contribution >= 4 is 17.4 Å². The fourth-order valence-corrected chi connectivity index (χ4v) is 0.700. The Morgan fingerprint density at radius 2 is 1.87 bits per heavy atom. The van der Waals surface area contributed by atoms with E-state index in [1.54, 1.807) is 24.3 Å². The van der Waals surface area contributed by atoms with Gasteiger partial charge in [0.15, 0.2) is 0 Å². The average molecular weight is 211 g/mol. The summed E-state index contributed by atoms with van der Waals surface area (Å²) in [4.78, 5) is 19.5. The van der Waals surface area contributed by atoms with Crippen LogP contribution in [0.25, 0.3) is 0 Å². The van der Waals surface area contributed by atoms with E-state index in [2.05, 4.69) is 0 Å². The van der Waals surface area contributed by atoms with Gasteiger partial charge < -0.3 is 15.9 Å². The van der Waals surface area contributed by atoms with Gasteiger partial charge in [-0.05, 0) is 19.1 Å². The molecule has 0 spiro atoms. The molecule has 0 saturated heterocycles. The van der Waals surface area contributed by atoms with E-state index in [9.17, 15) is 9.59 Å². The number of rotatable bonds is 2. The van der Waals surface area contributed by atoms with E-state index in [1.807, 2.05) is 0 Å². The van der Waals surface area contributed by atoms with Gasteiger partial charge in [0, 0.05) is 0 Å². The van der Waals surface area contributed by atoms with E-state index in [0.717, 1.165) is 0 Å². The van der Waals surface area contributed by atoms with Crippen molar-refractivity contribution in [2.45, 2.75) is 13.3 Å². The normalized spacial score (nSPS) is 8.60. The Morgan fingerprint density at radius 3 is 2.07 bits per heavy atom. The molecule has 0 bridgehead atoms. The molecule has 0 amide bonds. The number of nitrogens with two attached hydrogens (primary N) is 1.